The predicted molar refractivity (Wildman–Crippen MR) is 87.6 cm³/mol. The van der Waals surface area contributed by atoms with Gasteiger partial charge in [0, 0.05) is 20.2 Å². The molecule has 0 aliphatic carbocycles. The molecule has 21 heavy (non-hydrogen) atoms. The molecule has 0 radical (unpaired) electrons. The van der Waals surface area contributed by atoms with E-state index in [1.165, 1.54) is 0 Å². The highest BCUT2D eigenvalue weighted by molar-refractivity contribution is 9.11. The van der Waals surface area contributed by atoms with Crippen LogP contribution in [0.4, 0.5) is 5.69 Å². The summed E-state index contributed by atoms with van der Waals surface area (Å²) in [5.41, 5.74) is 1.54. The Kier molecular flexibility index (Phi) is 5.14. The Morgan fingerprint density at radius 2 is 1.67 bits per heavy atom. The number of hydrogen-bond donors (Lipinski definition) is 2. The van der Waals surface area contributed by atoms with E-state index in [1.54, 1.807) is 36.4 Å². The van der Waals surface area contributed by atoms with Gasteiger partial charge in [0.1, 0.15) is 0 Å². The average Bonchev–Trinajstić information content (AvgIpc) is 2.39. The maximum Gasteiger partial charge on any atom is 0.307 e. The number of aliphatic carboxylic acids is 1. The van der Waals surface area contributed by atoms with E-state index in [0.29, 0.717) is 16.8 Å². The molecule has 0 aliphatic heterocycles. The summed E-state index contributed by atoms with van der Waals surface area (Å²) in [4.78, 5) is 23.1. The minimum absolute atomic E-state index is 0.140. The molecule has 0 fully saturated rings. The Balaban J connectivity index is 2.25. The molecule has 4 nitrogen and oxygen atoms in total. The normalized spacial score (nSPS) is 10.2. The van der Waals surface area contributed by atoms with Crippen LogP contribution >= 0.6 is 31.9 Å². The molecule has 0 bridgehead atoms. The van der Waals surface area contributed by atoms with E-state index < -0.39 is 5.97 Å². The quantitative estimate of drug-likeness (QED) is 0.794. The third kappa shape index (κ3) is 4.41. The van der Waals surface area contributed by atoms with Crippen LogP contribution in [0.1, 0.15) is 15.9 Å². The van der Waals surface area contributed by atoms with Crippen molar-refractivity contribution in [1.29, 1.82) is 0 Å². The number of benzene rings is 2. The molecule has 6 heteroatoms. The molecule has 1 amide bonds. The van der Waals surface area contributed by atoms with Gasteiger partial charge in [-0.25, -0.2) is 0 Å². The molecule has 2 aromatic rings. The van der Waals surface area contributed by atoms with Crippen molar-refractivity contribution in [2.75, 3.05) is 5.32 Å². The number of carboxylic acid groups (broad SMARTS) is 1. The number of carboxylic acids is 1. The number of anilines is 1. The van der Waals surface area contributed by atoms with Crippen LogP contribution in [0.2, 0.25) is 0 Å². The van der Waals surface area contributed by atoms with Crippen LogP contribution in [0.25, 0.3) is 0 Å². The molecule has 0 atom stereocenters. The zero-order valence-corrected chi connectivity index (χ0v) is 13.9. The van der Waals surface area contributed by atoms with E-state index in [1.807, 2.05) is 6.07 Å². The van der Waals surface area contributed by atoms with Gasteiger partial charge in [0.15, 0.2) is 0 Å². The number of carbonyl (C=O) groups is 2. The Hall–Kier alpha value is -1.66. The molecule has 0 spiro atoms. The monoisotopic (exact) mass is 411 g/mol. The fourth-order valence-electron chi connectivity index (χ4n) is 1.84. The molecular formula is C15H11Br2NO3. The highest BCUT2D eigenvalue weighted by Gasteiger charge is 2.12. The van der Waals surface area contributed by atoms with Crippen molar-refractivity contribution < 1.29 is 14.7 Å². The van der Waals surface area contributed by atoms with E-state index in [0.717, 1.165) is 8.95 Å². The lowest BCUT2D eigenvalue weighted by molar-refractivity contribution is -0.136. The number of nitrogens with one attached hydrogen (secondary N) is 1. The van der Waals surface area contributed by atoms with Gasteiger partial charge in [-0.3, -0.25) is 9.59 Å². The lowest BCUT2D eigenvalue weighted by Crippen LogP contribution is -2.14. The van der Waals surface area contributed by atoms with Gasteiger partial charge in [-0.1, -0.05) is 50.1 Å². The molecule has 0 saturated heterocycles. The Labute approximate surface area is 138 Å². The Morgan fingerprint density at radius 3 is 2.29 bits per heavy atom. The molecule has 0 unspecified atom stereocenters. The van der Waals surface area contributed by atoms with Gasteiger partial charge >= 0.3 is 5.97 Å². The van der Waals surface area contributed by atoms with Crippen molar-refractivity contribution in [3.05, 3.63) is 62.5 Å². The van der Waals surface area contributed by atoms with Gasteiger partial charge in [-0.15, -0.1) is 0 Å². The standard InChI is InChI=1S/C15H11Br2NO3/c16-11-5-10(6-12(17)8-11)15(21)18-13-4-2-1-3-9(13)7-14(19)20/h1-6,8H,7H2,(H,18,21)(H,19,20). The second-order valence-corrected chi connectivity index (χ2v) is 6.17. The first-order valence-electron chi connectivity index (χ1n) is 6.03. The summed E-state index contributed by atoms with van der Waals surface area (Å²) in [5, 5.41) is 11.6. The topological polar surface area (TPSA) is 66.4 Å². The molecule has 0 aliphatic rings. The smallest absolute Gasteiger partial charge is 0.307 e. The molecule has 108 valence electrons. The summed E-state index contributed by atoms with van der Waals surface area (Å²) in [5.74, 6) is -1.24. The van der Waals surface area contributed by atoms with Crippen molar-refractivity contribution in [2.45, 2.75) is 6.42 Å². The predicted octanol–water partition coefficient (Wildman–Crippen LogP) is 4.09. The average molecular weight is 413 g/mol. The first kappa shape index (κ1) is 15.7. The summed E-state index contributed by atoms with van der Waals surface area (Å²) in [6, 6.07) is 12.1. The Morgan fingerprint density at radius 1 is 1.05 bits per heavy atom. The van der Waals surface area contributed by atoms with Crippen LogP contribution in [0.3, 0.4) is 0 Å². The summed E-state index contributed by atoms with van der Waals surface area (Å²) in [6.07, 6.45) is -0.140. The van der Waals surface area contributed by atoms with Crippen LogP contribution in [-0.4, -0.2) is 17.0 Å². The SMILES string of the molecule is O=C(O)Cc1ccccc1NC(=O)c1cc(Br)cc(Br)c1. The zero-order valence-electron chi connectivity index (χ0n) is 10.8. The van der Waals surface area contributed by atoms with Crippen molar-refractivity contribution in [1.82, 2.24) is 0 Å². The van der Waals surface area contributed by atoms with Gasteiger partial charge in [-0.2, -0.15) is 0 Å². The summed E-state index contributed by atoms with van der Waals surface area (Å²) >= 11 is 6.65. The van der Waals surface area contributed by atoms with E-state index in [9.17, 15) is 9.59 Å². The minimum atomic E-state index is -0.943. The fraction of sp³-hybridized carbons (Fsp3) is 0.0667. The number of amides is 1. The number of carbonyl (C=O) groups excluding carboxylic acids is 1. The number of hydrogen-bond acceptors (Lipinski definition) is 2. The lowest BCUT2D eigenvalue weighted by atomic mass is 10.1. The maximum atomic E-state index is 12.3. The van der Waals surface area contributed by atoms with Gasteiger partial charge < -0.3 is 10.4 Å². The van der Waals surface area contributed by atoms with Crippen LogP contribution in [0, 0.1) is 0 Å². The second-order valence-electron chi connectivity index (χ2n) is 4.34. The second kappa shape index (κ2) is 6.87. The molecule has 2 N–H and O–H groups in total. The number of halogens is 2. The van der Waals surface area contributed by atoms with Crippen molar-refractivity contribution in [3.63, 3.8) is 0 Å². The highest BCUT2D eigenvalue weighted by atomic mass is 79.9. The zero-order chi connectivity index (χ0) is 15.4. The van der Waals surface area contributed by atoms with E-state index in [4.69, 9.17) is 5.11 Å². The van der Waals surface area contributed by atoms with Gasteiger partial charge in [0.2, 0.25) is 0 Å². The van der Waals surface area contributed by atoms with E-state index in [-0.39, 0.29) is 12.3 Å². The molecule has 2 rings (SSSR count). The third-order valence-electron chi connectivity index (χ3n) is 2.73. The summed E-state index contributed by atoms with van der Waals surface area (Å²) in [6.45, 7) is 0. The number of rotatable bonds is 4. The van der Waals surface area contributed by atoms with Gasteiger partial charge in [-0.05, 0) is 29.8 Å². The molecule has 0 aromatic heterocycles. The first-order chi connectivity index (χ1) is 9.95. The molecular weight excluding hydrogens is 402 g/mol. The van der Waals surface area contributed by atoms with Gasteiger partial charge in [0.05, 0.1) is 6.42 Å². The largest absolute Gasteiger partial charge is 0.481 e. The lowest BCUT2D eigenvalue weighted by Gasteiger charge is -2.10. The summed E-state index contributed by atoms with van der Waals surface area (Å²) in [7, 11) is 0. The van der Waals surface area contributed by atoms with Crippen molar-refractivity contribution >= 4 is 49.4 Å². The van der Waals surface area contributed by atoms with E-state index in [2.05, 4.69) is 37.2 Å². The van der Waals surface area contributed by atoms with Crippen molar-refractivity contribution in [3.8, 4) is 0 Å². The van der Waals surface area contributed by atoms with Gasteiger partial charge in [0.25, 0.3) is 5.91 Å². The van der Waals surface area contributed by atoms with Crippen LogP contribution < -0.4 is 5.32 Å². The fourth-order valence-corrected chi connectivity index (χ4v) is 3.13. The maximum absolute atomic E-state index is 12.3. The molecule has 2 aromatic carbocycles. The van der Waals surface area contributed by atoms with Crippen LogP contribution in [-0.2, 0) is 11.2 Å². The molecule has 0 heterocycles. The summed E-state index contributed by atoms with van der Waals surface area (Å²) < 4.78 is 1.56. The Bertz CT molecular complexity index is 681. The van der Waals surface area contributed by atoms with Crippen LogP contribution in [0.5, 0.6) is 0 Å². The minimum Gasteiger partial charge on any atom is -0.481 e. The third-order valence-corrected chi connectivity index (χ3v) is 3.65. The number of para-hydroxylation sites is 1. The highest BCUT2D eigenvalue weighted by Crippen LogP contribution is 2.22. The first-order valence-corrected chi connectivity index (χ1v) is 7.61. The van der Waals surface area contributed by atoms with Crippen LogP contribution in [0.15, 0.2) is 51.4 Å². The van der Waals surface area contributed by atoms with Crippen molar-refractivity contribution in [2.24, 2.45) is 0 Å². The molecule has 0 saturated carbocycles. The van der Waals surface area contributed by atoms with E-state index >= 15 is 0 Å².